The van der Waals surface area contributed by atoms with Crippen molar-refractivity contribution in [2.24, 2.45) is 0 Å². The number of nitrogens with zero attached hydrogens (tertiary/aromatic N) is 1. The molecule has 2 aromatic carbocycles. The highest BCUT2D eigenvalue weighted by atomic mass is 32.2. The van der Waals surface area contributed by atoms with Crippen LogP contribution in [0.3, 0.4) is 0 Å². The van der Waals surface area contributed by atoms with Gasteiger partial charge in [-0.15, -0.1) is 0 Å². The summed E-state index contributed by atoms with van der Waals surface area (Å²) in [6.07, 6.45) is 0.610. The van der Waals surface area contributed by atoms with E-state index in [0.717, 1.165) is 17.7 Å². The number of hydrogen-bond acceptors (Lipinski definition) is 3. The first-order valence-electron chi connectivity index (χ1n) is 7.87. The summed E-state index contributed by atoms with van der Waals surface area (Å²) in [6, 6.07) is 15.2. The first-order valence-corrected chi connectivity index (χ1v) is 9.31. The topological polar surface area (TPSA) is 49.4 Å². The fourth-order valence-electron chi connectivity index (χ4n) is 3.80. The Morgan fingerprint density at radius 2 is 1.83 bits per heavy atom. The van der Waals surface area contributed by atoms with E-state index in [-0.39, 0.29) is 11.6 Å². The van der Waals surface area contributed by atoms with Crippen LogP contribution in [0.5, 0.6) is 0 Å². The van der Waals surface area contributed by atoms with Crippen LogP contribution in [0, 0.1) is 6.92 Å². The Labute approximate surface area is 137 Å². The molecule has 2 aliphatic heterocycles. The molecule has 5 heteroatoms. The third-order valence-electron chi connectivity index (χ3n) is 5.21. The van der Waals surface area contributed by atoms with E-state index in [1.165, 1.54) is 5.56 Å². The summed E-state index contributed by atoms with van der Waals surface area (Å²) >= 11 is 0. The molecule has 2 aromatic rings. The minimum Gasteiger partial charge on any atom is -0.368 e. The Bertz CT molecular complexity index is 861. The Hall–Kier alpha value is -1.85. The van der Waals surface area contributed by atoms with Gasteiger partial charge in [-0.1, -0.05) is 42.8 Å². The van der Waals surface area contributed by atoms with Gasteiger partial charge in [0, 0.05) is 17.6 Å². The monoisotopic (exact) mass is 328 g/mol. The summed E-state index contributed by atoms with van der Waals surface area (Å²) in [4.78, 5) is 0.366. The normalized spacial score (nSPS) is 26.6. The fraction of sp³-hybridized carbons (Fsp3) is 0.333. The zero-order valence-corrected chi connectivity index (χ0v) is 14.1. The van der Waals surface area contributed by atoms with Crippen molar-refractivity contribution in [3.8, 4) is 0 Å². The van der Waals surface area contributed by atoms with E-state index in [2.05, 4.69) is 18.3 Å². The second-order valence-electron chi connectivity index (χ2n) is 6.69. The minimum absolute atomic E-state index is 0.172. The van der Waals surface area contributed by atoms with Gasteiger partial charge in [-0.05, 0) is 37.1 Å². The van der Waals surface area contributed by atoms with Gasteiger partial charge < -0.3 is 5.32 Å². The van der Waals surface area contributed by atoms with Crippen molar-refractivity contribution in [3.63, 3.8) is 0 Å². The molecule has 0 amide bonds. The van der Waals surface area contributed by atoms with Gasteiger partial charge in [-0.3, -0.25) is 0 Å². The largest absolute Gasteiger partial charge is 0.368 e. The van der Waals surface area contributed by atoms with Crippen LogP contribution in [0.1, 0.15) is 24.5 Å². The molecule has 2 heterocycles. The maximum absolute atomic E-state index is 13.1. The molecular weight excluding hydrogens is 308 g/mol. The van der Waals surface area contributed by atoms with Crippen molar-refractivity contribution in [2.45, 2.75) is 36.7 Å². The average molecular weight is 328 g/mol. The van der Waals surface area contributed by atoms with Crippen molar-refractivity contribution in [3.05, 3.63) is 59.7 Å². The number of rotatable bonds is 2. The van der Waals surface area contributed by atoms with E-state index in [4.69, 9.17) is 0 Å². The Morgan fingerprint density at radius 1 is 1.13 bits per heavy atom. The maximum atomic E-state index is 13.1. The van der Waals surface area contributed by atoms with Crippen LogP contribution >= 0.6 is 0 Å². The average Bonchev–Trinajstić information content (AvgIpc) is 3.00. The molecule has 120 valence electrons. The standard InChI is InChI=1S/C18H20N2O2S/c1-13-7-9-14(10-8-13)23(21,22)20-12-11-18(2)15-5-3-4-6-16(15)19-17(18)20/h3-10,17,19H,11-12H2,1-2H3/t17-,18+/m1/s1. The molecule has 0 bridgehead atoms. The summed E-state index contributed by atoms with van der Waals surface area (Å²) in [5.74, 6) is 0. The van der Waals surface area contributed by atoms with E-state index in [1.54, 1.807) is 16.4 Å². The first-order chi connectivity index (χ1) is 10.9. The van der Waals surface area contributed by atoms with Crippen LogP contribution in [0.4, 0.5) is 5.69 Å². The number of sulfonamides is 1. The fourth-order valence-corrected chi connectivity index (χ4v) is 5.44. The number of anilines is 1. The van der Waals surface area contributed by atoms with Gasteiger partial charge in [0.25, 0.3) is 0 Å². The van der Waals surface area contributed by atoms with Gasteiger partial charge in [0.05, 0.1) is 4.90 Å². The molecule has 1 N–H and O–H groups in total. The Morgan fingerprint density at radius 3 is 2.57 bits per heavy atom. The molecule has 0 spiro atoms. The van der Waals surface area contributed by atoms with Gasteiger partial charge in [0.15, 0.2) is 0 Å². The van der Waals surface area contributed by atoms with Crippen LogP contribution in [-0.4, -0.2) is 25.4 Å². The lowest BCUT2D eigenvalue weighted by atomic mass is 9.82. The van der Waals surface area contributed by atoms with Crippen LogP contribution in [-0.2, 0) is 15.4 Å². The molecule has 4 rings (SSSR count). The van der Waals surface area contributed by atoms with Crippen LogP contribution in [0.2, 0.25) is 0 Å². The van der Waals surface area contributed by atoms with E-state index in [1.807, 2.05) is 37.3 Å². The predicted molar refractivity (Wildman–Crippen MR) is 90.9 cm³/mol. The van der Waals surface area contributed by atoms with Gasteiger partial charge >= 0.3 is 0 Å². The molecule has 2 atom stereocenters. The van der Waals surface area contributed by atoms with Gasteiger partial charge in [0.2, 0.25) is 10.0 Å². The van der Waals surface area contributed by atoms with E-state index in [0.29, 0.717) is 11.4 Å². The zero-order chi connectivity index (χ0) is 16.2. The number of benzene rings is 2. The molecular formula is C18H20N2O2S. The predicted octanol–water partition coefficient (Wildman–Crippen LogP) is 3.10. The Kier molecular flexibility index (Phi) is 3.09. The van der Waals surface area contributed by atoms with Crippen molar-refractivity contribution < 1.29 is 8.42 Å². The third-order valence-corrected chi connectivity index (χ3v) is 7.08. The minimum atomic E-state index is -3.49. The molecule has 23 heavy (non-hydrogen) atoms. The second kappa shape index (κ2) is 4.82. The highest BCUT2D eigenvalue weighted by Gasteiger charge is 2.54. The molecule has 4 nitrogen and oxygen atoms in total. The summed E-state index contributed by atoms with van der Waals surface area (Å²) in [5, 5.41) is 3.42. The number of aryl methyl sites for hydroxylation is 1. The summed E-state index contributed by atoms with van der Waals surface area (Å²) in [7, 11) is -3.49. The van der Waals surface area contributed by atoms with E-state index < -0.39 is 10.0 Å². The van der Waals surface area contributed by atoms with Crippen LogP contribution < -0.4 is 5.32 Å². The lowest BCUT2D eigenvalue weighted by molar-refractivity contribution is 0.361. The van der Waals surface area contributed by atoms with Gasteiger partial charge in [-0.25, -0.2) is 8.42 Å². The van der Waals surface area contributed by atoms with Crippen LogP contribution in [0.15, 0.2) is 53.4 Å². The SMILES string of the molecule is Cc1ccc(S(=O)(=O)N2CC[C@@]3(C)c4ccccc4N[C@H]23)cc1. The molecule has 0 aromatic heterocycles. The van der Waals surface area contributed by atoms with Crippen LogP contribution in [0.25, 0.3) is 0 Å². The molecule has 0 unspecified atom stereocenters. The smallest absolute Gasteiger partial charge is 0.244 e. The molecule has 1 fully saturated rings. The summed E-state index contributed by atoms with van der Waals surface area (Å²) in [6.45, 7) is 4.65. The molecule has 1 saturated heterocycles. The number of hydrogen-bond donors (Lipinski definition) is 1. The van der Waals surface area contributed by atoms with Crippen molar-refractivity contribution in [2.75, 3.05) is 11.9 Å². The van der Waals surface area contributed by atoms with Crippen molar-refractivity contribution in [1.82, 2.24) is 4.31 Å². The highest BCUT2D eigenvalue weighted by Crippen LogP contribution is 2.49. The van der Waals surface area contributed by atoms with Crippen molar-refractivity contribution >= 4 is 15.7 Å². The molecule has 2 aliphatic rings. The second-order valence-corrected chi connectivity index (χ2v) is 8.58. The lowest BCUT2D eigenvalue weighted by Gasteiger charge is -2.29. The number of nitrogens with one attached hydrogen (secondary N) is 1. The van der Waals surface area contributed by atoms with Gasteiger partial charge in [0.1, 0.15) is 6.17 Å². The van der Waals surface area contributed by atoms with E-state index >= 15 is 0 Å². The molecule has 0 saturated carbocycles. The lowest BCUT2D eigenvalue weighted by Crippen LogP contribution is -2.44. The van der Waals surface area contributed by atoms with E-state index in [9.17, 15) is 8.42 Å². The number of fused-ring (bicyclic) bond motifs is 3. The highest BCUT2D eigenvalue weighted by molar-refractivity contribution is 7.89. The Balaban J connectivity index is 1.74. The maximum Gasteiger partial charge on any atom is 0.244 e. The van der Waals surface area contributed by atoms with Crippen molar-refractivity contribution in [1.29, 1.82) is 0 Å². The first kappa shape index (κ1) is 14.7. The van der Waals surface area contributed by atoms with Gasteiger partial charge in [-0.2, -0.15) is 4.31 Å². The quantitative estimate of drug-likeness (QED) is 0.921. The summed E-state index contributed by atoms with van der Waals surface area (Å²) < 4.78 is 27.8. The molecule has 0 radical (unpaired) electrons. The molecule has 0 aliphatic carbocycles. The summed E-state index contributed by atoms with van der Waals surface area (Å²) in [5.41, 5.74) is 3.14. The third kappa shape index (κ3) is 2.03. The number of para-hydroxylation sites is 1. The zero-order valence-electron chi connectivity index (χ0n) is 13.3.